The molecule has 2 aromatic carbocycles. The van der Waals surface area contributed by atoms with Crippen molar-refractivity contribution in [3.8, 4) is 0 Å². The number of halogens is 3. The number of nitrogens with one attached hydrogen (secondary N) is 1. The molecule has 2 aromatic rings. The first kappa shape index (κ1) is 22.9. The summed E-state index contributed by atoms with van der Waals surface area (Å²) in [6.07, 6.45) is -5.06. The number of hydrogen-bond donors (Lipinski definition) is 1. The van der Waals surface area contributed by atoms with E-state index in [0.29, 0.717) is 6.07 Å². The highest BCUT2D eigenvalue weighted by Crippen LogP contribution is 2.34. The molecule has 1 N–H and O–H groups in total. The number of carbonyl (C=O) groups excluding carboxylic acids is 1. The molecule has 0 spiro atoms. The minimum atomic E-state index is -4.66. The average Bonchev–Trinajstić information content (AvgIpc) is 2.60. The Hall–Kier alpha value is -2.35. The van der Waals surface area contributed by atoms with E-state index in [4.69, 9.17) is 0 Å². The van der Waals surface area contributed by atoms with Gasteiger partial charge in [0.2, 0.25) is 5.91 Å². The van der Waals surface area contributed by atoms with Gasteiger partial charge in [0, 0.05) is 6.42 Å². The van der Waals surface area contributed by atoms with E-state index in [9.17, 15) is 26.4 Å². The van der Waals surface area contributed by atoms with Gasteiger partial charge in [-0.1, -0.05) is 36.4 Å². The fraction of sp³-hybridized carbons (Fsp3) is 0.381. The Labute approximate surface area is 169 Å². The van der Waals surface area contributed by atoms with Crippen molar-refractivity contribution in [1.82, 2.24) is 5.32 Å². The third kappa shape index (κ3) is 5.18. The first-order chi connectivity index (χ1) is 13.2. The second-order valence-electron chi connectivity index (χ2n) is 8.00. The van der Waals surface area contributed by atoms with Crippen LogP contribution in [0.15, 0.2) is 59.5 Å². The summed E-state index contributed by atoms with van der Waals surface area (Å²) in [7, 11) is -4.20. The summed E-state index contributed by atoms with van der Waals surface area (Å²) in [5.41, 5.74) is -0.954. The van der Waals surface area contributed by atoms with E-state index >= 15 is 0 Å². The molecule has 0 atom stereocenters. The van der Waals surface area contributed by atoms with Crippen LogP contribution >= 0.6 is 0 Å². The van der Waals surface area contributed by atoms with Crippen molar-refractivity contribution in [1.29, 1.82) is 0 Å². The van der Waals surface area contributed by atoms with Crippen LogP contribution in [0.2, 0.25) is 0 Å². The molecule has 0 saturated carbocycles. The predicted octanol–water partition coefficient (Wildman–Crippen LogP) is 4.70. The zero-order valence-electron chi connectivity index (χ0n) is 16.7. The molecule has 1 amide bonds. The van der Waals surface area contributed by atoms with Gasteiger partial charge in [-0.15, -0.1) is 0 Å². The molecule has 0 unspecified atom stereocenters. The lowest BCUT2D eigenvalue weighted by atomic mass is 9.94. The van der Waals surface area contributed by atoms with Gasteiger partial charge in [0.05, 0.1) is 20.7 Å². The van der Waals surface area contributed by atoms with Crippen molar-refractivity contribution in [3.05, 3.63) is 65.7 Å². The number of carbonyl (C=O) groups is 1. The molecular weight excluding hydrogens is 403 g/mol. The van der Waals surface area contributed by atoms with Crippen LogP contribution in [0.5, 0.6) is 0 Å². The smallest absolute Gasteiger partial charge is 0.347 e. The number of alkyl halides is 3. The first-order valence-electron chi connectivity index (χ1n) is 8.95. The maximum Gasteiger partial charge on any atom is 0.416 e. The highest BCUT2D eigenvalue weighted by Gasteiger charge is 2.40. The molecule has 0 aliphatic rings. The first-order valence-corrected chi connectivity index (χ1v) is 10.4. The van der Waals surface area contributed by atoms with Gasteiger partial charge in [-0.25, -0.2) is 8.42 Å². The normalized spacial score (nSPS) is 13.2. The van der Waals surface area contributed by atoms with E-state index in [1.54, 1.807) is 13.8 Å². The van der Waals surface area contributed by atoms with E-state index in [2.05, 4.69) is 5.32 Å². The monoisotopic (exact) mass is 427 g/mol. The van der Waals surface area contributed by atoms with Gasteiger partial charge < -0.3 is 5.32 Å². The summed E-state index contributed by atoms with van der Waals surface area (Å²) in [6.45, 7) is 6.23. The number of hydrogen-bond acceptors (Lipinski definition) is 3. The largest absolute Gasteiger partial charge is 0.416 e. The second-order valence-corrected chi connectivity index (χ2v) is 10.6. The SMILES string of the molecule is CC(C)(NC(=O)CC(C)(C)S(=O)(=O)c1cccc(C(F)(F)F)c1)c1ccccc1. The average molecular weight is 427 g/mol. The summed E-state index contributed by atoms with van der Waals surface area (Å²) >= 11 is 0. The number of amides is 1. The molecular formula is C21H24F3NO3S. The summed E-state index contributed by atoms with van der Waals surface area (Å²) in [4.78, 5) is 12.1. The highest BCUT2D eigenvalue weighted by atomic mass is 32.2. The summed E-state index contributed by atoms with van der Waals surface area (Å²) < 4.78 is 63.2. The Balaban J connectivity index is 2.24. The predicted molar refractivity (Wildman–Crippen MR) is 105 cm³/mol. The molecule has 4 nitrogen and oxygen atoms in total. The Kier molecular flexibility index (Phi) is 6.18. The van der Waals surface area contributed by atoms with E-state index in [-0.39, 0.29) is 0 Å². The lowest BCUT2D eigenvalue weighted by Gasteiger charge is -2.30. The molecule has 0 heterocycles. The number of benzene rings is 2. The van der Waals surface area contributed by atoms with Gasteiger partial charge >= 0.3 is 6.18 Å². The van der Waals surface area contributed by atoms with E-state index in [0.717, 1.165) is 23.8 Å². The molecule has 2 rings (SSSR count). The Morgan fingerprint density at radius 1 is 0.897 bits per heavy atom. The molecule has 0 aromatic heterocycles. The standard InChI is InChI=1S/C21H24F3NO3S/c1-19(2,14-18(26)25-20(3,4)15-9-6-5-7-10-15)29(27,28)17-12-8-11-16(13-17)21(22,23)24/h5-13H,14H2,1-4H3,(H,25,26). The lowest BCUT2D eigenvalue weighted by molar-refractivity contribution is -0.137. The molecule has 0 saturated heterocycles. The van der Waals surface area contributed by atoms with Crippen LogP contribution < -0.4 is 5.32 Å². The number of rotatable bonds is 6. The molecule has 8 heteroatoms. The Morgan fingerprint density at radius 2 is 1.45 bits per heavy atom. The van der Waals surface area contributed by atoms with Crippen LogP contribution in [0.1, 0.15) is 45.2 Å². The lowest BCUT2D eigenvalue weighted by Crippen LogP contribution is -2.45. The van der Waals surface area contributed by atoms with Crippen LogP contribution in [0.4, 0.5) is 13.2 Å². The maximum atomic E-state index is 13.0. The van der Waals surface area contributed by atoms with Gasteiger partial charge in [0.1, 0.15) is 0 Å². The minimum Gasteiger partial charge on any atom is -0.347 e. The fourth-order valence-electron chi connectivity index (χ4n) is 2.96. The van der Waals surface area contributed by atoms with Crippen molar-refractivity contribution < 1.29 is 26.4 Å². The van der Waals surface area contributed by atoms with E-state index in [1.807, 2.05) is 30.3 Å². The van der Waals surface area contributed by atoms with Crippen LogP contribution in [-0.2, 0) is 26.3 Å². The summed E-state index contributed by atoms with van der Waals surface area (Å²) in [5.74, 6) is -0.514. The minimum absolute atomic E-state index is 0.401. The molecule has 29 heavy (non-hydrogen) atoms. The van der Waals surface area contributed by atoms with Crippen molar-refractivity contribution in [2.75, 3.05) is 0 Å². The van der Waals surface area contributed by atoms with Gasteiger partial charge in [-0.2, -0.15) is 13.2 Å². The topological polar surface area (TPSA) is 63.2 Å². The van der Waals surface area contributed by atoms with Crippen LogP contribution in [0.3, 0.4) is 0 Å². The molecule has 0 bridgehead atoms. The van der Waals surface area contributed by atoms with Crippen molar-refractivity contribution in [2.45, 2.75) is 55.5 Å². The van der Waals surface area contributed by atoms with Gasteiger partial charge in [0.15, 0.2) is 9.84 Å². The van der Waals surface area contributed by atoms with Crippen molar-refractivity contribution in [2.24, 2.45) is 0 Å². The van der Waals surface area contributed by atoms with Gasteiger partial charge in [-0.05, 0) is 51.5 Å². The third-order valence-corrected chi connectivity index (χ3v) is 7.21. The van der Waals surface area contributed by atoms with Crippen LogP contribution in [-0.4, -0.2) is 19.1 Å². The third-order valence-electron chi connectivity index (χ3n) is 4.73. The molecule has 0 aliphatic heterocycles. The molecule has 0 fully saturated rings. The molecule has 0 aliphatic carbocycles. The Morgan fingerprint density at radius 3 is 2.00 bits per heavy atom. The van der Waals surface area contributed by atoms with Crippen molar-refractivity contribution in [3.63, 3.8) is 0 Å². The fourth-order valence-corrected chi connectivity index (χ4v) is 4.46. The van der Waals surface area contributed by atoms with Crippen LogP contribution in [0.25, 0.3) is 0 Å². The van der Waals surface area contributed by atoms with E-state index in [1.165, 1.54) is 13.8 Å². The summed E-state index contributed by atoms with van der Waals surface area (Å²) in [6, 6.07) is 12.7. The van der Waals surface area contributed by atoms with E-state index < -0.39 is 49.1 Å². The highest BCUT2D eigenvalue weighted by molar-refractivity contribution is 7.92. The Bertz CT molecular complexity index is 982. The van der Waals surface area contributed by atoms with Crippen molar-refractivity contribution >= 4 is 15.7 Å². The molecule has 0 radical (unpaired) electrons. The van der Waals surface area contributed by atoms with Gasteiger partial charge in [-0.3, -0.25) is 4.79 Å². The van der Waals surface area contributed by atoms with Gasteiger partial charge in [0.25, 0.3) is 0 Å². The maximum absolute atomic E-state index is 13.0. The molecule has 158 valence electrons. The van der Waals surface area contributed by atoms with Crippen LogP contribution in [0, 0.1) is 0 Å². The summed E-state index contributed by atoms with van der Waals surface area (Å²) in [5, 5.41) is 2.80. The zero-order chi connectivity index (χ0) is 22.1. The second kappa shape index (κ2) is 7.82. The zero-order valence-corrected chi connectivity index (χ0v) is 17.5. The quantitative estimate of drug-likeness (QED) is 0.727. The number of sulfone groups is 1.